The quantitative estimate of drug-likeness (QED) is 0.738. The first-order valence-electron chi connectivity index (χ1n) is 8.57. The van der Waals surface area contributed by atoms with Gasteiger partial charge in [-0.25, -0.2) is 9.50 Å². The molecule has 4 rings (SSSR count). The predicted octanol–water partition coefficient (Wildman–Crippen LogP) is 1.60. The number of aromatic nitrogens is 4. The molecule has 1 aliphatic rings. The second kappa shape index (κ2) is 7.16. The number of rotatable bonds is 6. The topological polar surface area (TPSA) is 75.5 Å². The van der Waals surface area contributed by atoms with Crippen LogP contribution in [0.4, 0.5) is 0 Å². The van der Waals surface area contributed by atoms with E-state index in [4.69, 9.17) is 4.74 Å². The maximum Gasteiger partial charge on any atom is 0.272 e. The third kappa shape index (κ3) is 3.78. The molecule has 0 saturated carbocycles. The van der Waals surface area contributed by atoms with Gasteiger partial charge in [0, 0.05) is 57.0 Å². The van der Waals surface area contributed by atoms with Gasteiger partial charge in [0.1, 0.15) is 0 Å². The number of H-pyrrole nitrogens is 1. The predicted molar refractivity (Wildman–Crippen MR) is 93.1 cm³/mol. The summed E-state index contributed by atoms with van der Waals surface area (Å²) in [7, 11) is 0. The summed E-state index contributed by atoms with van der Waals surface area (Å²) in [5.74, 6) is 0. The van der Waals surface area contributed by atoms with Crippen molar-refractivity contribution in [1.82, 2.24) is 24.5 Å². The van der Waals surface area contributed by atoms with Crippen LogP contribution in [0.3, 0.4) is 0 Å². The van der Waals surface area contributed by atoms with Crippen LogP contribution >= 0.6 is 0 Å². The standard InChI is InChI=1S/C18H21N5O2/c24-18-9-15(21-17-5-7-20-23(17)18)12-22(13-16-4-2-8-25-16)11-14-3-1-6-19-10-14/h1,3,5-7,9-10,16,20H,2,4,8,11-13H2/t16-/m0/s1. The number of ether oxygens (including phenoxy) is 1. The fourth-order valence-corrected chi connectivity index (χ4v) is 3.30. The summed E-state index contributed by atoms with van der Waals surface area (Å²) >= 11 is 0. The number of aromatic amines is 1. The van der Waals surface area contributed by atoms with Gasteiger partial charge >= 0.3 is 0 Å². The largest absolute Gasteiger partial charge is 0.377 e. The zero-order valence-corrected chi connectivity index (χ0v) is 14.0. The Morgan fingerprint density at radius 1 is 1.36 bits per heavy atom. The van der Waals surface area contributed by atoms with E-state index in [1.165, 1.54) is 4.52 Å². The summed E-state index contributed by atoms with van der Waals surface area (Å²) in [6.07, 6.45) is 7.80. The molecule has 7 heteroatoms. The molecule has 0 aliphatic carbocycles. The zero-order valence-electron chi connectivity index (χ0n) is 14.0. The molecular formula is C18H21N5O2. The van der Waals surface area contributed by atoms with Gasteiger partial charge in [0.05, 0.1) is 11.8 Å². The van der Waals surface area contributed by atoms with Crippen LogP contribution < -0.4 is 5.56 Å². The third-order valence-electron chi connectivity index (χ3n) is 4.43. The number of hydrogen-bond acceptors (Lipinski definition) is 5. The van der Waals surface area contributed by atoms with Gasteiger partial charge in [-0.15, -0.1) is 0 Å². The fraction of sp³-hybridized carbons (Fsp3) is 0.389. The molecule has 0 unspecified atom stereocenters. The highest BCUT2D eigenvalue weighted by Gasteiger charge is 2.20. The summed E-state index contributed by atoms with van der Waals surface area (Å²) in [5.41, 5.74) is 2.45. The van der Waals surface area contributed by atoms with Gasteiger partial charge in [0.15, 0.2) is 5.65 Å². The minimum absolute atomic E-state index is 0.0940. The molecule has 1 atom stereocenters. The van der Waals surface area contributed by atoms with Crippen molar-refractivity contribution in [2.75, 3.05) is 13.2 Å². The minimum atomic E-state index is -0.0940. The minimum Gasteiger partial charge on any atom is -0.377 e. The molecule has 0 radical (unpaired) electrons. The highest BCUT2D eigenvalue weighted by Crippen LogP contribution is 2.16. The summed E-state index contributed by atoms with van der Waals surface area (Å²) in [5, 5.41) is 2.87. The van der Waals surface area contributed by atoms with E-state index in [1.54, 1.807) is 24.5 Å². The first-order chi connectivity index (χ1) is 12.3. The van der Waals surface area contributed by atoms with Gasteiger partial charge < -0.3 is 4.74 Å². The van der Waals surface area contributed by atoms with Crippen LogP contribution in [0.15, 0.2) is 47.7 Å². The number of nitrogens with one attached hydrogen (secondary N) is 1. The molecule has 0 amide bonds. The lowest BCUT2D eigenvalue weighted by molar-refractivity contribution is 0.0674. The molecule has 25 heavy (non-hydrogen) atoms. The Morgan fingerprint density at radius 2 is 2.32 bits per heavy atom. The van der Waals surface area contributed by atoms with Gasteiger partial charge in [0.2, 0.25) is 0 Å². The highest BCUT2D eigenvalue weighted by atomic mass is 16.5. The fourth-order valence-electron chi connectivity index (χ4n) is 3.30. The molecule has 0 aromatic carbocycles. The van der Waals surface area contributed by atoms with Gasteiger partial charge in [-0.05, 0) is 24.5 Å². The molecule has 1 fully saturated rings. The lowest BCUT2D eigenvalue weighted by Crippen LogP contribution is -2.32. The molecule has 0 spiro atoms. The van der Waals surface area contributed by atoms with Gasteiger partial charge in [-0.3, -0.25) is 19.8 Å². The summed E-state index contributed by atoms with van der Waals surface area (Å²) in [6.45, 7) is 3.01. The van der Waals surface area contributed by atoms with Crippen molar-refractivity contribution in [2.24, 2.45) is 0 Å². The Hall–Kier alpha value is -2.51. The Bertz CT molecular complexity index is 883. The van der Waals surface area contributed by atoms with Crippen LogP contribution in [-0.2, 0) is 17.8 Å². The Kier molecular flexibility index (Phi) is 4.58. The van der Waals surface area contributed by atoms with Crippen molar-refractivity contribution in [3.05, 3.63) is 64.5 Å². The summed E-state index contributed by atoms with van der Waals surface area (Å²) in [6, 6.07) is 7.40. The third-order valence-corrected chi connectivity index (χ3v) is 4.43. The SMILES string of the molecule is O=c1cc(CN(Cc2cccnc2)C[C@@H]2CCCO2)nc2cc[nH]n12. The average Bonchev–Trinajstić information content (AvgIpc) is 3.27. The molecule has 4 heterocycles. The molecule has 130 valence electrons. The van der Waals surface area contributed by atoms with E-state index in [0.717, 1.165) is 43.8 Å². The van der Waals surface area contributed by atoms with E-state index in [9.17, 15) is 4.79 Å². The molecule has 7 nitrogen and oxygen atoms in total. The van der Waals surface area contributed by atoms with Crippen LogP contribution in [0.25, 0.3) is 5.65 Å². The van der Waals surface area contributed by atoms with Crippen LogP contribution in [0.1, 0.15) is 24.1 Å². The van der Waals surface area contributed by atoms with Crippen LogP contribution in [0.2, 0.25) is 0 Å². The van der Waals surface area contributed by atoms with Crippen molar-refractivity contribution in [3.63, 3.8) is 0 Å². The number of pyridine rings is 1. The van der Waals surface area contributed by atoms with E-state index in [-0.39, 0.29) is 11.7 Å². The number of fused-ring (bicyclic) bond motifs is 1. The Labute approximate surface area is 145 Å². The Balaban J connectivity index is 1.56. The normalized spacial score (nSPS) is 17.6. The zero-order chi connectivity index (χ0) is 17.1. The van der Waals surface area contributed by atoms with Crippen molar-refractivity contribution >= 4 is 5.65 Å². The Morgan fingerprint density at radius 3 is 3.12 bits per heavy atom. The van der Waals surface area contributed by atoms with E-state index in [1.807, 2.05) is 12.3 Å². The second-order valence-corrected chi connectivity index (χ2v) is 6.41. The van der Waals surface area contributed by atoms with Crippen LogP contribution in [0.5, 0.6) is 0 Å². The van der Waals surface area contributed by atoms with E-state index in [2.05, 4.69) is 26.0 Å². The smallest absolute Gasteiger partial charge is 0.272 e. The summed E-state index contributed by atoms with van der Waals surface area (Å²) in [4.78, 5) is 23.2. The van der Waals surface area contributed by atoms with Crippen molar-refractivity contribution in [1.29, 1.82) is 0 Å². The monoisotopic (exact) mass is 339 g/mol. The molecule has 0 bridgehead atoms. The summed E-state index contributed by atoms with van der Waals surface area (Å²) < 4.78 is 7.23. The number of hydrogen-bond donors (Lipinski definition) is 1. The molecule has 1 saturated heterocycles. The van der Waals surface area contributed by atoms with Crippen molar-refractivity contribution < 1.29 is 4.74 Å². The van der Waals surface area contributed by atoms with E-state index in [0.29, 0.717) is 12.2 Å². The van der Waals surface area contributed by atoms with Crippen LogP contribution in [0, 0.1) is 0 Å². The van der Waals surface area contributed by atoms with E-state index < -0.39 is 0 Å². The first kappa shape index (κ1) is 16.0. The molecule has 3 aromatic heterocycles. The van der Waals surface area contributed by atoms with Gasteiger partial charge in [-0.1, -0.05) is 6.07 Å². The molecule has 3 aromatic rings. The van der Waals surface area contributed by atoms with E-state index >= 15 is 0 Å². The highest BCUT2D eigenvalue weighted by molar-refractivity contribution is 5.36. The first-order valence-corrected chi connectivity index (χ1v) is 8.57. The van der Waals surface area contributed by atoms with Gasteiger partial charge in [0.25, 0.3) is 5.56 Å². The van der Waals surface area contributed by atoms with Gasteiger partial charge in [-0.2, -0.15) is 0 Å². The molecular weight excluding hydrogens is 318 g/mol. The number of nitrogens with zero attached hydrogens (tertiary/aromatic N) is 4. The lowest BCUT2D eigenvalue weighted by atomic mass is 10.2. The van der Waals surface area contributed by atoms with Crippen LogP contribution in [-0.4, -0.2) is 43.7 Å². The second-order valence-electron chi connectivity index (χ2n) is 6.41. The maximum absolute atomic E-state index is 12.2. The maximum atomic E-state index is 12.2. The van der Waals surface area contributed by atoms with Crippen molar-refractivity contribution in [3.8, 4) is 0 Å². The average molecular weight is 339 g/mol. The molecule has 1 aliphatic heterocycles. The lowest BCUT2D eigenvalue weighted by Gasteiger charge is -2.24. The molecule has 1 N–H and O–H groups in total. The van der Waals surface area contributed by atoms with Crippen molar-refractivity contribution in [2.45, 2.75) is 32.0 Å².